The van der Waals surface area contributed by atoms with E-state index in [0.717, 1.165) is 18.2 Å². The second-order valence-corrected chi connectivity index (χ2v) is 7.07. The van der Waals surface area contributed by atoms with E-state index in [4.69, 9.17) is 4.74 Å². The van der Waals surface area contributed by atoms with Crippen molar-refractivity contribution in [3.63, 3.8) is 0 Å². The van der Waals surface area contributed by atoms with Crippen LogP contribution in [0.5, 0.6) is 0 Å². The van der Waals surface area contributed by atoms with Crippen LogP contribution in [0.1, 0.15) is 25.0 Å². The van der Waals surface area contributed by atoms with Gasteiger partial charge in [-0.3, -0.25) is 4.79 Å². The van der Waals surface area contributed by atoms with Crippen LogP contribution in [0, 0.1) is 11.6 Å². The first-order chi connectivity index (χ1) is 14.9. The Balaban J connectivity index is 1.46. The van der Waals surface area contributed by atoms with Crippen LogP contribution in [0.25, 0.3) is 0 Å². The summed E-state index contributed by atoms with van der Waals surface area (Å²) < 4.78 is 32.7. The van der Waals surface area contributed by atoms with E-state index in [0.29, 0.717) is 18.5 Å². The molecule has 0 saturated carbocycles. The number of hydrogen-bond acceptors (Lipinski definition) is 6. The third-order valence-electron chi connectivity index (χ3n) is 4.81. The number of rotatable bonds is 7. The van der Waals surface area contributed by atoms with E-state index < -0.39 is 35.9 Å². The Morgan fingerprint density at radius 3 is 2.81 bits per heavy atom. The van der Waals surface area contributed by atoms with Gasteiger partial charge in [-0.05, 0) is 31.0 Å². The molecule has 3 amide bonds. The number of aromatic nitrogens is 2. The van der Waals surface area contributed by atoms with Gasteiger partial charge in [-0.15, -0.1) is 0 Å². The maximum atomic E-state index is 13.7. The van der Waals surface area contributed by atoms with Crippen molar-refractivity contribution >= 4 is 17.6 Å². The molecule has 2 aromatic rings. The van der Waals surface area contributed by atoms with E-state index >= 15 is 0 Å². The smallest absolute Gasteiger partial charge is 0.319 e. The molecule has 11 heteroatoms. The molecule has 1 aliphatic rings. The van der Waals surface area contributed by atoms with Gasteiger partial charge in [0.2, 0.25) is 5.91 Å². The van der Waals surface area contributed by atoms with Crippen molar-refractivity contribution in [2.24, 2.45) is 0 Å². The Hall–Kier alpha value is -3.18. The highest BCUT2D eigenvalue weighted by Crippen LogP contribution is 2.22. The maximum Gasteiger partial charge on any atom is 0.319 e. The first-order valence-electron chi connectivity index (χ1n) is 9.75. The molecule has 3 atom stereocenters. The lowest BCUT2D eigenvalue weighted by atomic mass is 9.97. The number of aliphatic hydroxyl groups is 1. The molecule has 9 nitrogen and oxygen atoms in total. The monoisotopic (exact) mass is 435 g/mol. The van der Waals surface area contributed by atoms with Crippen molar-refractivity contribution in [3.8, 4) is 0 Å². The maximum absolute atomic E-state index is 13.7. The number of amides is 3. The number of anilines is 1. The summed E-state index contributed by atoms with van der Waals surface area (Å²) in [4.78, 5) is 32.1. The third kappa shape index (κ3) is 6.66. The molecule has 1 aromatic heterocycles. The van der Waals surface area contributed by atoms with Crippen molar-refractivity contribution in [2.75, 3.05) is 11.9 Å². The Morgan fingerprint density at radius 1 is 1.23 bits per heavy atom. The van der Waals surface area contributed by atoms with Crippen LogP contribution in [0.15, 0.2) is 36.8 Å². The van der Waals surface area contributed by atoms with Gasteiger partial charge in [0.15, 0.2) is 0 Å². The normalized spacial score (nSPS) is 20.7. The minimum absolute atomic E-state index is 0.0923. The van der Waals surface area contributed by atoms with Crippen LogP contribution in [-0.4, -0.2) is 51.9 Å². The number of ether oxygens (including phenoxy) is 1. The number of halogens is 2. The fraction of sp³-hybridized carbons (Fsp3) is 0.400. The summed E-state index contributed by atoms with van der Waals surface area (Å²) >= 11 is 0. The van der Waals surface area contributed by atoms with E-state index in [9.17, 15) is 23.5 Å². The second kappa shape index (κ2) is 10.7. The molecule has 0 bridgehead atoms. The zero-order valence-electron chi connectivity index (χ0n) is 16.6. The van der Waals surface area contributed by atoms with Gasteiger partial charge < -0.3 is 25.8 Å². The van der Waals surface area contributed by atoms with Crippen LogP contribution >= 0.6 is 0 Å². The minimum Gasteiger partial charge on any atom is -0.394 e. The SMILES string of the molecule is O=C(C[C@H]1CC[C@@H](NC(=O)Nc2cc(F)ccc2F)[C@@H](CO)O1)NCc1ccncn1. The highest BCUT2D eigenvalue weighted by molar-refractivity contribution is 5.89. The van der Waals surface area contributed by atoms with Gasteiger partial charge in [0.05, 0.1) is 43.1 Å². The highest BCUT2D eigenvalue weighted by atomic mass is 19.1. The number of benzene rings is 1. The quantitative estimate of drug-likeness (QED) is 0.522. The van der Waals surface area contributed by atoms with E-state index in [1.807, 2.05) is 0 Å². The van der Waals surface area contributed by atoms with Crippen molar-refractivity contribution < 1.29 is 28.2 Å². The molecule has 1 aliphatic heterocycles. The molecule has 1 fully saturated rings. The number of aliphatic hydroxyl groups excluding tert-OH is 1. The molecule has 166 valence electrons. The molecule has 1 saturated heterocycles. The molecule has 2 heterocycles. The molecule has 0 spiro atoms. The van der Waals surface area contributed by atoms with Crippen LogP contribution in [0.2, 0.25) is 0 Å². The molecule has 0 radical (unpaired) electrons. The third-order valence-corrected chi connectivity index (χ3v) is 4.81. The van der Waals surface area contributed by atoms with Gasteiger partial charge in [-0.2, -0.15) is 0 Å². The van der Waals surface area contributed by atoms with Crippen LogP contribution in [0.3, 0.4) is 0 Å². The molecular weight excluding hydrogens is 412 g/mol. The summed E-state index contributed by atoms with van der Waals surface area (Å²) in [6.45, 7) is -0.114. The number of nitrogens with zero attached hydrogens (tertiary/aromatic N) is 2. The molecule has 3 rings (SSSR count). The summed E-state index contributed by atoms with van der Waals surface area (Å²) in [5, 5.41) is 17.2. The van der Waals surface area contributed by atoms with Gasteiger partial charge in [0.1, 0.15) is 24.1 Å². The van der Waals surface area contributed by atoms with Crippen LogP contribution in [-0.2, 0) is 16.1 Å². The summed E-state index contributed by atoms with van der Waals surface area (Å²) in [6, 6.07) is 3.10. The number of carbonyl (C=O) groups excluding carboxylic acids is 2. The van der Waals surface area contributed by atoms with Crippen molar-refractivity contribution in [1.29, 1.82) is 0 Å². The van der Waals surface area contributed by atoms with Gasteiger partial charge in [-0.25, -0.2) is 23.5 Å². The summed E-state index contributed by atoms with van der Waals surface area (Å²) in [7, 11) is 0. The number of urea groups is 1. The standard InChI is InChI=1S/C20H23F2N5O4/c21-12-1-3-15(22)17(7-12)27-20(30)26-16-4-2-14(31-18(16)10-28)8-19(29)24-9-13-5-6-23-11-25-13/h1,3,5-7,11,14,16,18,28H,2,4,8-10H2,(H,24,29)(H2,26,27,30)/t14-,16-,18-/m1/s1. The Labute approximate surface area is 177 Å². The van der Waals surface area contributed by atoms with Crippen molar-refractivity contribution in [2.45, 2.75) is 44.1 Å². The molecular formula is C20H23F2N5O4. The fourth-order valence-corrected chi connectivity index (χ4v) is 3.26. The van der Waals surface area contributed by atoms with Crippen LogP contribution in [0.4, 0.5) is 19.3 Å². The topological polar surface area (TPSA) is 125 Å². The largest absolute Gasteiger partial charge is 0.394 e. The Bertz CT molecular complexity index is 902. The fourth-order valence-electron chi connectivity index (χ4n) is 3.26. The van der Waals surface area contributed by atoms with E-state index in [2.05, 4.69) is 25.9 Å². The summed E-state index contributed by atoms with van der Waals surface area (Å²) in [5.41, 5.74) is 0.374. The van der Waals surface area contributed by atoms with E-state index in [-0.39, 0.29) is 31.2 Å². The highest BCUT2D eigenvalue weighted by Gasteiger charge is 2.33. The van der Waals surface area contributed by atoms with Gasteiger partial charge >= 0.3 is 6.03 Å². The first kappa shape index (κ1) is 22.5. The minimum atomic E-state index is -0.775. The Kier molecular flexibility index (Phi) is 7.79. The van der Waals surface area contributed by atoms with Crippen LogP contribution < -0.4 is 16.0 Å². The molecule has 0 unspecified atom stereocenters. The molecule has 0 aliphatic carbocycles. The lowest BCUT2D eigenvalue weighted by molar-refractivity contribution is -0.130. The first-order valence-corrected chi connectivity index (χ1v) is 9.75. The summed E-state index contributed by atoms with van der Waals surface area (Å²) in [5.74, 6) is -1.69. The second-order valence-electron chi connectivity index (χ2n) is 7.07. The molecule has 31 heavy (non-hydrogen) atoms. The Morgan fingerprint density at radius 2 is 2.06 bits per heavy atom. The summed E-state index contributed by atoms with van der Waals surface area (Å²) in [6.07, 6.45) is 2.81. The zero-order chi connectivity index (χ0) is 22.2. The van der Waals surface area contributed by atoms with Gasteiger partial charge in [0.25, 0.3) is 0 Å². The zero-order valence-corrected chi connectivity index (χ0v) is 16.6. The number of carbonyl (C=O) groups is 2. The lowest BCUT2D eigenvalue weighted by Crippen LogP contribution is -2.52. The lowest BCUT2D eigenvalue weighted by Gasteiger charge is -2.35. The van der Waals surface area contributed by atoms with Crippen molar-refractivity contribution in [1.82, 2.24) is 20.6 Å². The number of hydrogen-bond donors (Lipinski definition) is 4. The molecule has 4 N–H and O–H groups in total. The number of nitrogens with one attached hydrogen (secondary N) is 3. The van der Waals surface area contributed by atoms with Crippen molar-refractivity contribution in [3.05, 3.63) is 54.1 Å². The average Bonchev–Trinajstić information content (AvgIpc) is 2.76. The molecule has 1 aromatic carbocycles. The van der Waals surface area contributed by atoms with Gasteiger partial charge in [-0.1, -0.05) is 0 Å². The predicted octanol–water partition coefficient (Wildman–Crippen LogP) is 1.49. The van der Waals surface area contributed by atoms with E-state index in [1.165, 1.54) is 6.33 Å². The average molecular weight is 435 g/mol. The van der Waals surface area contributed by atoms with E-state index in [1.54, 1.807) is 12.3 Å². The van der Waals surface area contributed by atoms with Gasteiger partial charge in [0, 0.05) is 12.3 Å². The predicted molar refractivity (Wildman–Crippen MR) is 106 cm³/mol.